The fraction of sp³-hybridized carbons (Fsp3) is 0.0784. The molecule has 0 radical (unpaired) electrons. The van der Waals surface area contributed by atoms with Crippen LogP contribution >= 0.6 is 0 Å². The summed E-state index contributed by atoms with van der Waals surface area (Å²) in [6.07, 6.45) is 8.55. The molecule has 2 aliphatic rings. The summed E-state index contributed by atoms with van der Waals surface area (Å²) in [5, 5.41) is 15.6. The van der Waals surface area contributed by atoms with Gasteiger partial charge in [0, 0.05) is 22.0 Å². The second-order valence-electron chi connectivity index (χ2n) is 14.7. The molecule has 2 heterocycles. The SMILES string of the molecule is C1=CCCC(C2NC(c3ccc([Si](c4ccccc4)(c4ccccc4)c4cccc5c4c4ccccc4n5-c4ccccc4)cc3)=NC(c3ccccc3)N2)=C1. The number of fused-ring (bicyclic) bond motifs is 3. The molecule has 2 atom stereocenters. The number of rotatable bonds is 8. The van der Waals surface area contributed by atoms with Crippen molar-refractivity contribution in [1.82, 2.24) is 15.2 Å². The van der Waals surface area contributed by atoms with Crippen molar-refractivity contribution in [1.29, 1.82) is 0 Å². The third kappa shape index (κ3) is 5.84. The molecule has 1 aromatic heterocycles. The lowest BCUT2D eigenvalue weighted by molar-refractivity contribution is 0.429. The van der Waals surface area contributed by atoms with Crippen LogP contribution in [0, 0.1) is 0 Å². The molecule has 2 N–H and O–H groups in total. The molecule has 0 bridgehead atoms. The van der Waals surface area contributed by atoms with E-state index >= 15 is 0 Å². The molecule has 2 unspecified atom stereocenters. The molecule has 56 heavy (non-hydrogen) atoms. The van der Waals surface area contributed by atoms with Crippen LogP contribution in [0.1, 0.15) is 30.1 Å². The van der Waals surface area contributed by atoms with E-state index in [9.17, 15) is 0 Å². The monoisotopic (exact) mass is 738 g/mol. The van der Waals surface area contributed by atoms with E-state index in [1.165, 1.54) is 48.1 Å². The smallest absolute Gasteiger partial charge is 0.180 e. The molecule has 0 amide bonds. The third-order valence-electron chi connectivity index (χ3n) is 11.5. The molecule has 4 nitrogen and oxygen atoms in total. The summed E-state index contributed by atoms with van der Waals surface area (Å²) in [4.78, 5) is 5.30. The Labute approximate surface area is 329 Å². The van der Waals surface area contributed by atoms with Gasteiger partial charge in [-0.15, -0.1) is 0 Å². The highest BCUT2D eigenvalue weighted by Crippen LogP contribution is 2.32. The normalized spacial score (nSPS) is 17.0. The molecule has 5 heteroatoms. The first-order valence-electron chi connectivity index (χ1n) is 19.6. The highest BCUT2D eigenvalue weighted by atomic mass is 28.3. The predicted octanol–water partition coefficient (Wildman–Crippen LogP) is 8.40. The Balaban J connectivity index is 1.20. The van der Waals surface area contributed by atoms with Gasteiger partial charge in [-0.05, 0) is 69.0 Å². The molecule has 1 aliphatic heterocycles. The van der Waals surface area contributed by atoms with E-state index in [0.29, 0.717) is 0 Å². The number of nitrogens with zero attached hydrogens (tertiary/aromatic N) is 2. The van der Waals surface area contributed by atoms with Crippen molar-refractivity contribution < 1.29 is 0 Å². The van der Waals surface area contributed by atoms with Gasteiger partial charge in [-0.25, -0.2) is 4.99 Å². The van der Waals surface area contributed by atoms with Crippen molar-refractivity contribution in [2.75, 3.05) is 0 Å². The van der Waals surface area contributed by atoms with Crippen molar-refractivity contribution in [3.8, 4) is 5.69 Å². The van der Waals surface area contributed by atoms with Crippen LogP contribution in [0.25, 0.3) is 27.5 Å². The van der Waals surface area contributed by atoms with Crippen LogP contribution < -0.4 is 31.4 Å². The van der Waals surface area contributed by atoms with Gasteiger partial charge >= 0.3 is 0 Å². The van der Waals surface area contributed by atoms with E-state index in [2.05, 4.69) is 221 Å². The minimum absolute atomic E-state index is 0.0148. The van der Waals surface area contributed by atoms with Gasteiger partial charge in [0.15, 0.2) is 8.07 Å². The first kappa shape index (κ1) is 34.0. The molecular formula is C51H42N4Si. The maximum atomic E-state index is 5.30. The number of para-hydroxylation sites is 2. The van der Waals surface area contributed by atoms with E-state index in [0.717, 1.165) is 35.5 Å². The van der Waals surface area contributed by atoms with E-state index in [4.69, 9.17) is 4.99 Å². The number of benzene rings is 7. The first-order valence-corrected chi connectivity index (χ1v) is 21.6. The minimum atomic E-state index is -2.95. The Bertz CT molecular complexity index is 2700. The highest BCUT2D eigenvalue weighted by Gasteiger charge is 2.43. The van der Waals surface area contributed by atoms with Crippen LogP contribution in [0.15, 0.2) is 217 Å². The number of amidine groups is 1. The Hall–Kier alpha value is -6.53. The Morgan fingerprint density at radius 3 is 1.86 bits per heavy atom. The Morgan fingerprint density at radius 1 is 0.571 bits per heavy atom. The summed E-state index contributed by atoms with van der Waals surface area (Å²) in [5.41, 5.74) is 7.17. The predicted molar refractivity (Wildman–Crippen MR) is 237 cm³/mol. The largest absolute Gasteiger partial charge is 0.351 e. The van der Waals surface area contributed by atoms with E-state index in [1.807, 2.05) is 0 Å². The van der Waals surface area contributed by atoms with E-state index < -0.39 is 8.07 Å². The van der Waals surface area contributed by atoms with Gasteiger partial charge in [0.05, 0.1) is 11.0 Å². The lowest BCUT2D eigenvalue weighted by Gasteiger charge is -2.36. The molecule has 10 rings (SSSR count). The summed E-state index contributed by atoms with van der Waals surface area (Å²) in [5.74, 6) is 0.907. The van der Waals surface area contributed by atoms with Gasteiger partial charge in [-0.3, -0.25) is 5.32 Å². The van der Waals surface area contributed by atoms with Crippen LogP contribution in [0.4, 0.5) is 0 Å². The number of nitrogens with one attached hydrogen (secondary N) is 2. The summed E-state index contributed by atoms with van der Waals surface area (Å²) in [7, 11) is -2.95. The van der Waals surface area contributed by atoms with Crippen molar-refractivity contribution in [2.24, 2.45) is 4.99 Å². The maximum absolute atomic E-state index is 5.30. The Morgan fingerprint density at radius 2 is 1.18 bits per heavy atom. The molecule has 0 fully saturated rings. The standard InChI is InChI=1S/C51H42N4Si/c1-6-19-37(20-7-1)49-52-50(38-21-8-2-9-22-38)54-51(53-49)39-33-35-43(36-34-39)56(41-25-12-4-13-26-41,42-27-14-5-15-28-42)47-32-18-31-46-48(47)44-29-16-17-30-45(44)55(46)40-23-10-3-11-24-40/h1-8,10-21,23-36,49-50,52H,9,22H2,(H,53,54). The molecule has 0 saturated heterocycles. The van der Waals surface area contributed by atoms with Crippen molar-refractivity contribution >= 4 is 56.5 Å². The highest BCUT2D eigenvalue weighted by molar-refractivity contribution is 7.20. The molecule has 1 aliphatic carbocycles. The van der Waals surface area contributed by atoms with Crippen LogP contribution in [-0.4, -0.2) is 24.6 Å². The zero-order valence-corrected chi connectivity index (χ0v) is 32.1. The fourth-order valence-electron chi connectivity index (χ4n) is 8.97. The van der Waals surface area contributed by atoms with Crippen LogP contribution in [-0.2, 0) is 0 Å². The maximum Gasteiger partial charge on any atom is 0.180 e. The number of hydrogen-bond donors (Lipinski definition) is 2. The van der Waals surface area contributed by atoms with Gasteiger partial charge in [0.1, 0.15) is 18.2 Å². The van der Waals surface area contributed by atoms with Crippen molar-refractivity contribution in [3.63, 3.8) is 0 Å². The molecule has 0 saturated carbocycles. The van der Waals surface area contributed by atoms with Crippen molar-refractivity contribution in [3.05, 3.63) is 223 Å². The third-order valence-corrected chi connectivity index (χ3v) is 16.3. The van der Waals surface area contributed by atoms with Gasteiger partial charge in [0.2, 0.25) is 0 Å². The quantitative estimate of drug-likeness (QED) is 0.122. The number of allylic oxidation sites excluding steroid dienone is 3. The molecular weight excluding hydrogens is 697 g/mol. The Kier molecular flexibility index (Phi) is 8.87. The van der Waals surface area contributed by atoms with Gasteiger partial charge in [-0.2, -0.15) is 0 Å². The summed E-state index contributed by atoms with van der Waals surface area (Å²) in [6, 6.07) is 69.1. The van der Waals surface area contributed by atoms with E-state index in [-0.39, 0.29) is 12.3 Å². The average Bonchev–Trinajstić information content (AvgIpc) is 3.63. The molecule has 8 aromatic rings. The second-order valence-corrected chi connectivity index (χ2v) is 18.5. The van der Waals surface area contributed by atoms with Gasteiger partial charge in [-0.1, -0.05) is 182 Å². The molecule has 0 spiro atoms. The number of aliphatic imine (C=N–C) groups is 1. The van der Waals surface area contributed by atoms with Crippen LogP contribution in [0.5, 0.6) is 0 Å². The summed E-state index contributed by atoms with van der Waals surface area (Å²) in [6.45, 7) is 0. The van der Waals surface area contributed by atoms with Crippen LogP contribution in [0.3, 0.4) is 0 Å². The number of aromatic nitrogens is 1. The molecule has 7 aromatic carbocycles. The first-order chi connectivity index (χ1) is 27.8. The summed E-state index contributed by atoms with van der Waals surface area (Å²) >= 11 is 0. The second kappa shape index (κ2) is 14.6. The van der Waals surface area contributed by atoms with Crippen molar-refractivity contribution in [2.45, 2.75) is 25.2 Å². The topological polar surface area (TPSA) is 41.4 Å². The van der Waals surface area contributed by atoms with E-state index in [1.54, 1.807) is 0 Å². The zero-order chi connectivity index (χ0) is 37.3. The lowest BCUT2D eigenvalue weighted by Crippen LogP contribution is -2.74. The minimum Gasteiger partial charge on any atom is -0.351 e. The van der Waals surface area contributed by atoms with Gasteiger partial charge < -0.3 is 9.88 Å². The molecule has 270 valence electrons. The lowest BCUT2D eigenvalue weighted by atomic mass is 10.00. The number of hydrogen-bond acceptors (Lipinski definition) is 3. The summed E-state index contributed by atoms with van der Waals surface area (Å²) < 4.78 is 2.43. The fourth-order valence-corrected chi connectivity index (χ4v) is 13.9. The average molecular weight is 739 g/mol. The van der Waals surface area contributed by atoms with Gasteiger partial charge in [0.25, 0.3) is 0 Å². The van der Waals surface area contributed by atoms with Crippen LogP contribution in [0.2, 0.25) is 0 Å². The zero-order valence-electron chi connectivity index (χ0n) is 31.1.